The fourth-order valence-corrected chi connectivity index (χ4v) is 4.29. The number of carboxylic acids is 1. The van der Waals surface area contributed by atoms with Crippen molar-refractivity contribution in [3.63, 3.8) is 0 Å². The number of amides is 1. The zero-order valence-electron chi connectivity index (χ0n) is 16.8. The van der Waals surface area contributed by atoms with Crippen LogP contribution < -0.4 is 0 Å². The van der Waals surface area contributed by atoms with Crippen LogP contribution in [0.3, 0.4) is 0 Å². The zero-order chi connectivity index (χ0) is 21.1. The Hall–Kier alpha value is -3.44. The summed E-state index contributed by atoms with van der Waals surface area (Å²) in [7, 11) is 1.54. The highest BCUT2D eigenvalue weighted by Crippen LogP contribution is 2.48. The van der Waals surface area contributed by atoms with E-state index in [1.165, 1.54) is 4.90 Å². The molecule has 1 amide bonds. The summed E-state index contributed by atoms with van der Waals surface area (Å²) < 4.78 is 0. The second-order valence-corrected chi connectivity index (χ2v) is 7.56. The molecule has 1 aliphatic rings. The Morgan fingerprint density at radius 1 is 0.867 bits per heavy atom. The van der Waals surface area contributed by atoms with Gasteiger partial charge < -0.3 is 10.0 Å². The largest absolute Gasteiger partial charge is 0.480 e. The molecule has 1 fully saturated rings. The van der Waals surface area contributed by atoms with Crippen molar-refractivity contribution < 1.29 is 14.7 Å². The van der Waals surface area contributed by atoms with Crippen LogP contribution in [-0.2, 0) is 15.1 Å². The van der Waals surface area contributed by atoms with Crippen molar-refractivity contribution in [3.8, 4) is 0 Å². The van der Waals surface area contributed by atoms with Gasteiger partial charge in [-0.15, -0.1) is 0 Å². The van der Waals surface area contributed by atoms with Gasteiger partial charge in [0, 0.05) is 13.6 Å². The first-order valence-corrected chi connectivity index (χ1v) is 9.95. The third kappa shape index (κ3) is 3.48. The van der Waals surface area contributed by atoms with Gasteiger partial charge in [0.05, 0.1) is 5.54 Å². The average Bonchev–Trinajstić information content (AvgIpc) is 3.57. The highest BCUT2D eigenvalue weighted by Gasteiger charge is 2.56. The predicted molar refractivity (Wildman–Crippen MR) is 115 cm³/mol. The topological polar surface area (TPSA) is 60.6 Å². The summed E-state index contributed by atoms with van der Waals surface area (Å²) in [6.45, 7) is 0.250. The molecule has 2 atom stereocenters. The van der Waals surface area contributed by atoms with E-state index in [2.05, 4.69) is 41.3 Å². The van der Waals surface area contributed by atoms with Crippen molar-refractivity contribution in [2.75, 3.05) is 20.1 Å². The van der Waals surface area contributed by atoms with Crippen LogP contribution in [0.1, 0.15) is 16.7 Å². The minimum absolute atomic E-state index is 0.176. The molecule has 0 bridgehead atoms. The van der Waals surface area contributed by atoms with Gasteiger partial charge in [0.1, 0.15) is 12.6 Å². The van der Waals surface area contributed by atoms with E-state index in [4.69, 9.17) is 5.11 Å². The first-order chi connectivity index (χ1) is 14.5. The first kappa shape index (κ1) is 19.9. The highest BCUT2D eigenvalue weighted by atomic mass is 16.4. The molecule has 152 valence electrons. The number of benzene rings is 3. The molecule has 30 heavy (non-hydrogen) atoms. The maximum Gasteiger partial charge on any atom is 0.323 e. The van der Waals surface area contributed by atoms with E-state index in [1.807, 2.05) is 54.6 Å². The van der Waals surface area contributed by atoms with Crippen LogP contribution in [-0.4, -0.2) is 53.0 Å². The number of likely N-dealkylation sites (N-methyl/N-ethyl adjacent to an activating group) is 1. The molecule has 1 heterocycles. The average molecular weight is 400 g/mol. The molecule has 1 aliphatic heterocycles. The number of carboxylic acid groups (broad SMARTS) is 1. The van der Waals surface area contributed by atoms with Gasteiger partial charge >= 0.3 is 5.97 Å². The Bertz CT molecular complexity index is 925. The molecule has 0 saturated carbocycles. The lowest BCUT2D eigenvalue weighted by Gasteiger charge is -2.38. The van der Waals surface area contributed by atoms with Crippen LogP contribution in [0.4, 0.5) is 0 Å². The Kier molecular flexibility index (Phi) is 5.38. The molecular formula is C25H24N2O3. The van der Waals surface area contributed by atoms with Crippen LogP contribution in [0.25, 0.3) is 0 Å². The molecule has 2 unspecified atom stereocenters. The zero-order valence-corrected chi connectivity index (χ0v) is 16.8. The van der Waals surface area contributed by atoms with Crippen molar-refractivity contribution in [2.24, 2.45) is 0 Å². The van der Waals surface area contributed by atoms with Crippen molar-refractivity contribution in [1.29, 1.82) is 0 Å². The molecule has 0 radical (unpaired) electrons. The molecule has 4 rings (SSSR count). The molecule has 0 aromatic heterocycles. The van der Waals surface area contributed by atoms with Crippen LogP contribution in [0, 0.1) is 0 Å². The van der Waals surface area contributed by atoms with Gasteiger partial charge in [0.15, 0.2) is 0 Å². The second kappa shape index (κ2) is 8.13. The van der Waals surface area contributed by atoms with Crippen molar-refractivity contribution >= 4 is 11.9 Å². The predicted octanol–water partition coefficient (Wildman–Crippen LogP) is 3.21. The van der Waals surface area contributed by atoms with Gasteiger partial charge in [-0.05, 0) is 16.7 Å². The SMILES string of the molecule is CN(CC(=O)O)C(=O)C1CN1C(c1ccccc1)(c1ccccc1)c1ccccc1. The lowest BCUT2D eigenvalue weighted by Crippen LogP contribution is -2.43. The minimum Gasteiger partial charge on any atom is -0.480 e. The number of rotatable bonds is 7. The van der Waals surface area contributed by atoms with Gasteiger partial charge in [-0.25, -0.2) is 0 Å². The molecule has 5 nitrogen and oxygen atoms in total. The normalized spacial score (nSPS) is 17.9. The van der Waals surface area contributed by atoms with Gasteiger partial charge in [0.2, 0.25) is 5.91 Å². The van der Waals surface area contributed by atoms with E-state index < -0.39 is 11.5 Å². The summed E-state index contributed by atoms with van der Waals surface area (Å²) in [4.78, 5) is 27.6. The fraction of sp³-hybridized carbons (Fsp3) is 0.200. The van der Waals surface area contributed by atoms with Crippen molar-refractivity contribution in [3.05, 3.63) is 108 Å². The summed E-state index contributed by atoms with van der Waals surface area (Å²) in [6.07, 6.45) is 0. The quantitative estimate of drug-likeness (QED) is 0.489. The van der Waals surface area contributed by atoms with Gasteiger partial charge in [-0.2, -0.15) is 0 Å². The standard InChI is InChI=1S/C25H24N2O3/c1-26(18-23(28)29)24(30)22-17-27(22)25(19-11-5-2-6-12-19,20-13-7-3-8-14-20)21-15-9-4-10-16-21/h2-16,22H,17-18H2,1H3,(H,28,29). The molecule has 1 saturated heterocycles. The summed E-state index contributed by atoms with van der Waals surface area (Å²) in [5, 5.41) is 9.09. The third-order valence-corrected chi connectivity index (χ3v) is 5.65. The number of aliphatic carboxylic acids is 1. The van der Waals surface area contributed by atoms with E-state index in [0.29, 0.717) is 6.54 Å². The highest BCUT2D eigenvalue weighted by molar-refractivity contribution is 5.88. The Balaban J connectivity index is 1.85. The number of hydrogen-bond acceptors (Lipinski definition) is 3. The number of nitrogens with zero attached hydrogens (tertiary/aromatic N) is 2. The molecule has 5 heteroatoms. The van der Waals surface area contributed by atoms with Crippen LogP contribution in [0.5, 0.6) is 0 Å². The fourth-order valence-electron chi connectivity index (χ4n) is 4.29. The van der Waals surface area contributed by atoms with Crippen molar-refractivity contribution in [2.45, 2.75) is 11.6 Å². The summed E-state index contributed by atoms with van der Waals surface area (Å²) >= 11 is 0. The molecule has 0 spiro atoms. The van der Waals surface area contributed by atoms with E-state index >= 15 is 0 Å². The lowest BCUT2D eigenvalue weighted by molar-refractivity contribution is -0.143. The molecule has 3 aromatic carbocycles. The van der Waals surface area contributed by atoms with Crippen LogP contribution in [0.15, 0.2) is 91.0 Å². The number of hydrogen-bond donors (Lipinski definition) is 1. The van der Waals surface area contributed by atoms with E-state index in [0.717, 1.165) is 16.7 Å². The minimum atomic E-state index is -1.02. The van der Waals surface area contributed by atoms with E-state index in [9.17, 15) is 9.59 Å². The number of carbonyl (C=O) groups excluding carboxylic acids is 1. The van der Waals surface area contributed by atoms with Crippen molar-refractivity contribution in [1.82, 2.24) is 9.80 Å². The third-order valence-electron chi connectivity index (χ3n) is 5.65. The summed E-state index contributed by atoms with van der Waals surface area (Å²) in [5.74, 6) is -1.19. The summed E-state index contributed by atoms with van der Waals surface area (Å²) in [6, 6.07) is 30.1. The Morgan fingerprint density at radius 2 is 1.27 bits per heavy atom. The summed E-state index contributed by atoms with van der Waals surface area (Å²) in [5.41, 5.74) is 2.56. The van der Waals surface area contributed by atoms with Gasteiger partial charge in [-0.3, -0.25) is 14.5 Å². The van der Waals surface area contributed by atoms with Gasteiger partial charge in [0.25, 0.3) is 0 Å². The van der Waals surface area contributed by atoms with Crippen LogP contribution >= 0.6 is 0 Å². The monoisotopic (exact) mass is 400 g/mol. The second-order valence-electron chi connectivity index (χ2n) is 7.56. The number of carbonyl (C=O) groups is 2. The van der Waals surface area contributed by atoms with E-state index in [1.54, 1.807) is 7.05 Å². The maximum atomic E-state index is 13.0. The maximum absolute atomic E-state index is 13.0. The Labute approximate surface area is 176 Å². The Morgan fingerprint density at radius 3 is 1.63 bits per heavy atom. The van der Waals surface area contributed by atoms with Gasteiger partial charge in [-0.1, -0.05) is 91.0 Å². The molecule has 3 aromatic rings. The molecular weight excluding hydrogens is 376 g/mol. The molecule has 1 N–H and O–H groups in total. The van der Waals surface area contributed by atoms with E-state index in [-0.39, 0.29) is 18.5 Å². The van der Waals surface area contributed by atoms with Crippen LogP contribution in [0.2, 0.25) is 0 Å². The lowest BCUT2D eigenvalue weighted by atomic mass is 9.76. The smallest absolute Gasteiger partial charge is 0.323 e. The molecule has 0 aliphatic carbocycles. The first-order valence-electron chi connectivity index (χ1n) is 9.95.